The predicted octanol–water partition coefficient (Wildman–Crippen LogP) is 0.628. The van der Waals surface area contributed by atoms with Gasteiger partial charge in [-0.3, -0.25) is 4.79 Å². The number of hydrogen-bond donors (Lipinski definition) is 3. The molecule has 148 valence electrons. The van der Waals surface area contributed by atoms with Gasteiger partial charge in [0.05, 0.1) is 38.5 Å². The number of fused-ring (bicyclic) bond motifs is 1. The highest BCUT2D eigenvalue weighted by Gasteiger charge is 2.42. The molecule has 2 aliphatic heterocycles. The van der Waals surface area contributed by atoms with Crippen molar-refractivity contribution in [1.29, 1.82) is 0 Å². The molecular formula is C16H28N4O5S. The summed E-state index contributed by atoms with van der Waals surface area (Å²) in [6.45, 7) is 2.24. The Bertz CT molecular complexity index is 468. The highest BCUT2D eigenvalue weighted by molar-refractivity contribution is 8.00. The molecule has 2 aliphatic rings. The molecule has 0 radical (unpaired) electrons. The maximum absolute atomic E-state index is 11.8. The third kappa shape index (κ3) is 7.46. The van der Waals surface area contributed by atoms with Gasteiger partial charge in [0.1, 0.15) is 6.54 Å². The van der Waals surface area contributed by atoms with Crippen molar-refractivity contribution >= 4 is 23.7 Å². The van der Waals surface area contributed by atoms with Crippen LogP contribution >= 0.6 is 11.8 Å². The number of nitrogens with one attached hydrogen (secondary N) is 3. The first-order chi connectivity index (χ1) is 12.7. The lowest BCUT2D eigenvalue weighted by Crippen LogP contribution is -2.36. The average molecular weight is 388 g/mol. The fraction of sp³-hybridized carbons (Fsp3) is 0.875. The van der Waals surface area contributed by atoms with Crippen molar-refractivity contribution in [3.63, 3.8) is 0 Å². The second-order valence-electron chi connectivity index (χ2n) is 6.30. The number of unbranched alkanes of at least 4 members (excludes halogenated alkanes) is 1. The lowest BCUT2D eigenvalue weighted by Gasteiger charge is -2.16. The van der Waals surface area contributed by atoms with Crippen LogP contribution in [0.25, 0.3) is 0 Å². The summed E-state index contributed by atoms with van der Waals surface area (Å²) in [5.74, 6) is 1.00. The molecule has 2 rings (SSSR count). The summed E-state index contributed by atoms with van der Waals surface area (Å²) in [7, 11) is 0. The zero-order valence-corrected chi connectivity index (χ0v) is 15.7. The number of nitrogens with zero attached hydrogens (tertiary/aromatic N) is 1. The fourth-order valence-corrected chi connectivity index (χ4v) is 4.59. The van der Waals surface area contributed by atoms with Crippen LogP contribution in [-0.2, 0) is 14.3 Å². The molecule has 3 unspecified atom stereocenters. The summed E-state index contributed by atoms with van der Waals surface area (Å²) in [4.78, 5) is 32.9. The summed E-state index contributed by atoms with van der Waals surface area (Å²) in [5.41, 5.74) is 0. The molecule has 0 aromatic heterocycles. The molecule has 3 N–H and O–H groups in total. The molecule has 0 bridgehead atoms. The number of amides is 3. The third-order valence-electron chi connectivity index (χ3n) is 4.35. The number of thioether (sulfide) groups is 1. The van der Waals surface area contributed by atoms with Crippen LogP contribution < -0.4 is 16.0 Å². The first-order valence-electron chi connectivity index (χ1n) is 9.10. The Labute approximate surface area is 157 Å². The minimum absolute atomic E-state index is 0.0368. The van der Waals surface area contributed by atoms with Crippen molar-refractivity contribution in [2.75, 3.05) is 45.3 Å². The number of urea groups is 1. The van der Waals surface area contributed by atoms with Crippen LogP contribution in [0, 0.1) is 4.91 Å². The van der Waals surface area contributed by atoms with Crippen molar-refractivity contribution in [3.8, 4) is 0 Å². The van der Waals surface area contributed by atoms with Crippen molar-refractivity contribution in [1.82, 2.24) is 16.0 Å². The van der Waals surface area contributed by atoms with Gasteiger partial charge < -0.3 is 25.4 Å². The van der Waals surface area contributed by atoms with Gasteiger partial charge in [0, 0.05) is 24.0 Å². The molecule has 2 saturated heterocycles. The summed E-state index contributed by atoms with van der Waals surface area (Å²) in [6.07, 6.45) is 3.36. The van der Waals surface area contributed by atoms with E-state index in [2.05, 4.69) is 21.1 Å². The number of carbonyl (C=O) groups is 2. The van der Waals surface area contributed by atoms with Gasteiger partial charge in [-0.15, -0.1) is 0 Å². The van der Waals surface area contributed by atoms with Gasteiger partial charge in [0.15, 0.2) is 0 Å². The number of nitroso groups, excluding NO2 is 1. The number of rotatable bonds is 14. The zero-order chi connectivity index (χ0) is 18.6. The summed E-state index contributed by atoms with van der Waals surface area (Å²) in [5, 5.41) is 11.9. The Hall–Kier alpha value is -1.39. The minimum atomic E-state index is -0.0589. The summed E-state index contributed by atoms with van der Waals surface area (Å²) in [6, 6.07) is 0.432. The van der Waals surface area contributed by atoms with Crippen LogP contribution in [0.1, 0.15) is 25.7 Å². The van der Waals surface area contributed by atoms with Crippen molar-refractivity contribution in [2.24, 2.45) is 5.18 Å². The maximum Gasteiger partial charge on any atom is 0.315 e. The van der Waals surface area contributed by atoms with Crippen molar-refractivity contribution < 1.29 is 19.1 Å². The molecule has 2 heterocycles. The van der Waals surface area contributed by atoms with Gasteiger partial charge in [-0.1, -0.05) is 11.6 Å². The van der Waals surface area contributed by atoms with Crippen LogP contribution in [0.4, 0.5) is 4.79 Å². The molecule has 0 aromatic carbocycles. The Morgan fingerprint density at radius 2 is 2.00 bits per heavy atom. The van der Waals surface area contributed by atoms with Crippen LogP contribution in [0.15, 0.2) is 5.18 Å². The molecule has 0 spiro atoms. The molecule has 3 amide bonds. The Kier molecular flexibility index (Phi) is 9.72. The molecule has 26 heavy (non-hydrogen) atoms. The van der Waals surface area contributed by atoms with Crippen molar-refractivity contribution in [3.05, 3.63) is 4.91 Å². The monoisotopic (exact) mass is 388 g/mol. The van der Waals surface area contributed by atoms with Crippen LogP contribution in [0.2, 0.25) is 0 Å². The van der Waals surface area contributed by atoms with E-state index in [-0.39, 0.29) is 30.6 Å². The van der Waals surface area contributed by atoms with E-state index in [0.29, 0.717) is 44.6 Å². The largest absolute Gasteiger partial charge is 0.377 e. The van der Waals surface area contributed by atoms with E-state index in [4.69, 9.17) is 9.47 Å². The van der Waals surface area contributed by atoms with E-state index in [0.717, 1.165) is 25.0 Å². The van der Waals surface area contributed by atoms with Gasteiger partial charge in [-0.25, -0.2) is 4.79 Å². The van der Waals surface area contributed by atoms with E-state index < -0.39 is 0 Å². The quantitative estimate of drug-likeness (QED) is 0.228. The minimum Gasteiger partial charge on any atom is -0.377 e. The second kappa shape index (κ2) is 12.1. The van der Waals surface area contributed by atoms with Gasteiger partial charge in [0.2, 0.25) is 5.91 Å². The SMILES string of the molecule is O=NCCOCCOCCNC(=O)CCCCC1SCC2NC(=O)NC21. The van der Waals surface area contributed by atoms with Crippen LogP contribution in [-0.4, -0.2) is 74.5 Å². The molecule has 10 heteroatoms. The van der Waals surface area contributed by atoms with Gasteiger partial charge in [0.25, 0.3) is 0 Å². The van der Waals surface area contributed by atoms with Gasteiger partial charge in [-0.05, 0) is 12.8 Å². The van der Waals surface area contributed by atoms with E-state index in [1.807, 2.05) is 11.8 Å². The highest BCUT2D eigenvalue weighted by Crippen LogP contribution is 2.33. The van der Waals surface area contributed by atoms with E-state index >= 15 is 0 Å². The van der Waals surface area contributed by atoms with Crippen LogP contribution in [0.3, 0.4) is 0 Å². The van der Waals surface area contributed by atoms with Gasteiger partial charge >= 0.3 is 6.03 Å². The number of carbonyl (C=O) groups excluding carboxylic acids is 2. The second-order valence-corrected chi connectivity index (χ2v) is 7.57. The fourth-order valence-electron chi connectivity index (χ4n) is 3.05. The maximum atomic E-state index is 11.8. The van der Waals surface area contributed by atoms with E-state index in [1.165, 1.54) is 0 Å². The Morgan fingerprint density at radius 3 is 2.81 bits per heavy atom. The highest BCUT2D eigenvalue weighted by atomic mass is 32.2. The topological polar surface area (TPSA) is 118 Å². The van der Waals surface area contributed by atoms with E-state index in [1.54, 1.807) is 0 Å². The number of ether oxygens (including phenoxy) is 2. The molecule has 3 atom stereocenters. The smallest absolute Gasteiger partial charge is 0.315 e. The lowest BCUT2D eigenvalue weighted by molar-refractivity contribution is -0.121. The summed E-state index contributed by atoms with van der Waals surface area (Å²) < 4.78 is 10.4. The molecule has 0 aliphatic carbocycles. The molecule has 2 fully saturated rings. The zero-order valence-electron chi connectivity index (χ0n) is 14.9. The number of hydrogen-bond acceptors (Lipinski definition) is 7. The standard InChI is InChI=1S/C16H28N4O5S/c21-14(17-5-7-24-9-10-25-8-6-18-23)4-2-1-3-13-15-12(11-26-13)19-16(22)20-15/h12-13,15H,1-11H2,(H,17,21)(H2,19,20,22). The predicted molar refractivity (Wildman–Crippen MR) is 99.3 cm³/mol. The molecule has 0 aromatic rings. The first kappa shape index (κ1) is 20.9. The Morgan fingerprint density at radius 1 is 1.19 bits per heavy atom. The van der Waals surface area contributed by atoms with Gasteiger partial charge in [-0.2, -0.15) is 16.7 Å². The van der Waals surface area contributed by atoms with Crippen molar-refractivity contribution in [2.45, 2.75) is 43.0 Å². The Balaban J connectivity index is 1.39. The first-order valence-corrected chi connectivity index (χ1v) is 10.2. The average Bonchev–Trinajstić information content (AvgIpc) is 3.16. The van der Waals surface area contributed by atoms with E-state index in [9.17, 15) is 14.5 Å². The molecular weight excluding hydrogens is 360 g/mol. The molecule has 0 saturated carbocycles. The third-order valence-corrected chi connectivity index (χ3v) is 5.86. The van der Waals surface area contributed by atoms with Crippen LogP contribution in [0.5, 0.6) is 0 Å². The lowest BCUT2D eigenvalue weighted by atomic mass is 10.0. The molecule has 9 nitrogen and oxygen atoms in total. The summed E-state index contributed by atoms with van der Waals surface area (Å²) >= 11 is 1.90. The normalized spacial score (nSPS) is 24.0.